The average molecular weight is 335 g/mol. The van der Waals surface area contributed by atoms with Crippen molar-refractivity contribution in [3.05, 3.63) is 52.5 Å². The van der Waals surface area contributed by atoms with E-state index in [4.69, 9.17) is 0 Å². The number of amides is 1. The van der Waals surface area contributed by atoms with E-state index < -0.39 is 0 Å². The van der Waals surface area contributed by atoms with Gasteiger partial charge in [0.05, 0.1) is 5.75 Å². The van der Waals surface area contributed by atoms with Gasteiger partial charge >= 0.3 is 0 Å². The fraction of sp³-hybridized carbons (Fsp3) is 0.353. The van der Waals surface area contributed by atoms with Crippen LogP contribution in [0.3, 0.4) is 0 Å². The minimum atomic E-state index is -0.244. The predicted molar refractivity (Wildman–Crippen MR) is 89.9 cm³/mol. The van der Waals surface area contributed by atoms with E-state index in [9.17, 15) is 9.18 Å². The van der Waals surface area contributed by atoms with Crippen LogP contribution < -0.4 is 0 Å². The first-order valence-electron chi connectivity index (χ1n) is 7.42. The minimum absolute atomic E-state index is 0.188. The first-order valence-corrected chi connectivity index (χ1v) is 9.29. The molecule has 1 amide bonds. The number of halogens is 1. The zero-order chi connectivity index (χ0) is 15.4. The Hall–Kier alpha value is -1.33. The van der Waals surface area contributed by atoms with Crippen molar-refractivity contribution in [2.24, 2.45) is 0 Å². The molecule has 0 N–H and O–H groups in total. The first kappa shape index (κ1) is 15.6. The zero-order valence-electron chi connectivity index (χ0n) is 12.2. The minimum Gasteiger partial charge on any atom is -0.339 e. The molecular formula is C17H18FNOS2. The van der Waals surface area contributed by atoms with Gasteiger partial charge in [-0.15, -0.1) is 23.1 Å². The lowest BCUT2D eigenvalue weighted by atomic mass is 10.3. The number of thiophene rings is 1. The van der Waals surface area contributed by atoms with E-state index in [-0.39, 0.29) is 11.7 Å². The van der Waals surface area contributed by atoms with Gasteiger partial charge in [-0.1, -0.05) is 6.07 Å². The number of carbonyl (C=O) groups is 1. The summed E-state index contributed by atoms with van der Waals surface area (Å²) in [6.07, 6.45) is 3.18. The molecule has 2 aromatic rings. The molecule has 0 radical (unpaired) electrons. The molecule has 1 aliphatic rings. The van der Waals surface area contributed by atoms with E-state index in [0.717, 1.165) is 30.7 Å². The van der Waals surface area contributed by atoms with E-state index in [0.29, 0.717) is 11.8 Å². The SMILES string of the molecule is O=C(CSc1ccc(F)cc1)N(CCc1cccs1)C1CC1. The van der Waals surface area contributed by atoms with Crippen LogP contribution in [0.5, 0.6) is 0 Å². The zero-order valence-corrected chi connectivity index (χ0v) is 13.8. The summed E-state index contributed by atoms with van der Waals surface area (Å²) in [6, 6.07) is 10.9. The maximum absolute atomic E-state index is 12.9. The highest BCUT2D eigenvalue weighted by Gasteiger charge is 2.32. The number of hydrogen-bond donors (Lipinski definition) is 0. The number of rotatable bonds is 7. The second-order valence-electron chi connectivity index (χ2n) is 5.39. The molecule has 0 spiro atoms. The first-order chi connectivity index (χ1) is 10.7. The third-order valence-electron chi connectivity index (χ3n) is 3.66. The summed E-state index contributed by atoms with van der Waals surface area (Å²) in [7, 11) is 0. The van der Waals surface area contributed by atoms with E-state index in [2.05, 4.69) is 11.4 Å². The van der Waals surface area contributed by atoms with E-state index in [1.165, 1.54) is 28.8 Å². The molecule has 1 aromatic heterocycles. The van der Waals surface area contributed by atoms with Crippen molar-refractivity contribution in [1.29, 1.82) is 0 Å². The number of nitrogens with zero attached hydrogens (tertiary/aromatic N) is 1. The van der Waals surface area contributed by atoms with Crippen LogP contribution in [-0.4, -0.2) is 29.1 Å². The van der Waals surface area contributed by atoms with Crippen LogP contribution in [0.1, 0.15) is 17.7 Å². The fourth-order valence-corrected chi connectivity index (χ4v) is 3.82. The summed E-state index contributed by atoms with van der Waals surface area (Å²) in [5.74, 6) is 0.367. The van der Waals surface area contributed by atoms with Crippen molar-refractivity contribution in [2.45, 2.75) is 30.2 Å². The van der Waals surface area contributed by atoms with Crippen LogP contribution in [-0.2, 0) is 11.2 Å². The molecule has 0 aliphatic heterocycles. The number of carbonyl (C=O) groups excluding carboxylic acids is 1. The molecule has 1 saturated carbocycles. The molecule has 0 bridgehead atoms. The summed E-state index contributed by atoms with van der Waals surface area (Å²) in [5.41, 5.74) is 0. The highest BCUT2D eigenvalue weighted by Crippen LogP contribution is 2.29. The van der Waals surface area contributed by atoms with Gasteiger partial charge in [0.15, 0.2) is 0 Å². The third kappa shape index (κ3) is 4.34. The standard InChI is InChI=1S/C17H18FNOS2/c18-13-3-7-16(8-4-13)22-12-17(20)19(14-5-6-14)10-9-15-2-1-11-21-15/h1-4,7-8,11,14H,5-6,9-10,12H2. The quantitative estimate of drug-likeness (QED) is 0.706. The van der Waals surface area contributed by atoms with Gasteiger partial charge in [0.2, 0.25) is 5.91 Å². The Balaban J connectivity index is 1.52. The molecule has 1 fully saturated rings. The van der Waals surface area contributed by atoms with Crippen molar-refractivity contribution in [2.75, 3.05) is 12.3 Å². The van der Waals surface area contributed by atoms with E-state index in [1.807, 2.05) is 11.0 Å². The van der Waals surface area contributed by atoms with Crippen LogP contribution in [0.25, 0.3) is 0 Å². The Kier molecular flexibility index (Phi) is 5.16. The highest BCUT2D eigenvalue weighted by molar-refractivity contribution is 8.00. The molecule has 0 atom stereocenters. The lowest BCUT2D eigenvalue weighted by Crippen LogP contribution is -2.36. The molecule has 5 heteroatoms. The molecule has 2 nitrogen and oxygen atoms in total. The fourth-order valence-electron chi connectivity index (χ4n) is 2.34. The lowest BCUT2D eigenvalue weighted by Gasteiger charge is -2.22. The van der Waals surface area contributed by atoms with Gasteiger partial charge in [-0.25, -0.2) is 4.39 Å². The number of thioether (sulfide) groups is 1. The molecule has 116 valence electrons. The molecule has 22 heavy (non-hydrogen) atoms. The van der Waals surface area contributed by atoms with Gasteiger partial charge in [0.1, 0.15) is 5.82 Å². The average Bonchev–Trinajstić information content (AvgIpc) is 3.22. The summed E-state index contributed by atoms with van der Waals surface area (Å²) >= 11 is 3.22. The Morgan fingerprint density at radius 3 is 2.68 bits per heavy atom. The Morgan fingerprint density at radius 2 is 2.05 bits per heavy atom. The van der Waals surface area contributed by atoms with Crippen molar-refractivity contribution in [1.82, 2.24) is 4.90 Å². The van der Waals surface area contributed by atoms with Crippen LogP contribution >= 0.6 is 23.1 Å². The van der Waals surface area contributed by atoms with Crippen LogP contribution in [0.2, 0.25) is 0 Å². The maximum Gasteiger partial charge on any atom is 0.233 e. The van der Waals surface area contributed by atoms with Gasteiger partial charge in [-0.2, -0.15) is 0 Å². The molecule has 0 saturated heterocycles. The second-order valence-corrected chi connectivity index (χ2v) is 7.47. The van der Waals surface area contributed by atoms with Gasteiger partial charge in [0, 0.05) is 22.4 Å². The van der Waals surface area contributed by atoms with Gasteiger partial charge in [-0.3, -0.25) is 4.79 Å². The summed E-state index contributed by atoms with van der Waals surface area (Å²) in [6.45, 7) is 0.800. The van der Waals surface area contributed by atoms with Gasteiger partial charge in [0.25, 0.3) is 0 Å². The smallest absolute Gasteiger partial charge is 0.233 e. The summed E-state index contributed by atoms with van der Waals surface area (Å²) < 4.78 is 12.9. The molecule has 1 heterocycles. The van der Waals surface area contributed by atoms with E-state index >= 15 is 0 Å². The van der Waals surface area contributed by atoms with E-state index in [1.54, 1.807) is 23.5 Å². The molecular weight excluding hydrogens is 317 g/mol. The lowest BCUT2D eigenvalue weighted by molar-refractivity contribution is -0.128. The Labute approximate surface area is 138 Å². The monoisotopic (exact) mass is 335 g/mol. The molecule has 1 aromatic carbocycles. The molecule has 0 unspecified atom stereocenters. The third-order valence-corrected chi connectivity index (χ3v) is 5.60. The normalized spacial score (nSPS) is 14.0. The van der Waals surface area contributed by atoms with Gasteiger partial charge in [-0.05, 0) is 55.0 Å². The maximum atomic E-state index is 12.9. The Morgan fingerprint density at radius 1 is 1.27 bits per heavy atom. The number of hydrogen-bond acceptors (Lipinski definition) is 3. The van der Waals surface area contributed by atoms with Crippen molar-refractivity contribution in [3.8, 4) is 0 Å². The largest absolute Gasteiger partial charge is 0.339 e. The summed E-state index contributed by atoms with van der Waals surface area (Å²) in [4.78, 5) is 16.7. The van der Waals surface area contributed by atoms with Crippen molar-refractivity contribution in [3.63, 3.8) is 0 Å². The van der Waals surface area contributed by atoms with Crippen LogP contribution in [0, 0.1) is 5.82 Å². The van der Waals surface area contributed by atoms with Crippen LogP contribution in [0.15, 0.2) is 46.7 Å². The highest BCUT2D eigenvalue weighted by atomic mass is 32.2. The van der Waals surface area contributed by atoms with Gasteiger partial charge < -0.3 is 4.90 Å². The predicted octanol–water partition coefficient (Wildman–Crippen LogP) is 4.21. The second kappa shape index (κ2) is 7.29. The Bertz CT molecular complexity index is 608. The van der Waals surface area contributed by atoms with Crippen molar-refractivity contribution < 1.29 is 9.18 Å². The summed E-state index contributed by atoms with van der Waals surface area (Å²) in [5, 5.41) is 2.07. The number of benzene rings is 1. The van der Waals surface area contributed by atoms with Crippen LogP contribution in [0.4, 0.5) is 4.39 Å². The molecule has 1 aliphatic carbocycles. The molecule has 3 rings (SSSR count). The van der Waals surface area contributed by atoms with Crippen molar-refractivity contribution >= 4 is 29.0 Å². The topological polar surface area (TPSA) is 20.3 Å².